The number of aliphatic carboxylic acids is 1. The molecule has 158 valence electrons. The molecule has 0 aliphatic heterocycles. The Morgan fingerprint density at radius 1 is 0.625 bits per heavy atom. The van der Waals surface area contributed by atoms with E-state index in [1.54, 1.807) is 6.07 Å². The van der Waals surface area contributed by atoms with Crippen molar-refractivity contribution >= 4 is 22.7 Å². The van der Waals surface area contributed by atoms with E-state index in [-0.39, 0.29) is 0 Å². The van der Waals surface area contributed by atoms with Gasteiger partial charge < -0.3 is 9.84 Å². The van der Waals surface area contributed by atoms with Crippen molar-refractivity contribution in [2.45, 2.75) is 11.8 Å². The molecule has 0 saturated heterocycles. The van der Waals surface area contributed by atoms with Crippen LogP contribution >= 0.6 is 0 Å². The van der Waals surface area contributed by atoms with Gasteiger partial charge in [-0.2, -0.15) is 0 Å². The van der Waals surface area contributed by atoms with Crippen molar-refractivity contribution in [3.05, 3.63) is 114 Å². The monoisotopic (exact) mass is 422 g/mol. The summed E-state index contributed by atoms with van der Waals surface area (Å²) in [5, 5.41) is 11.9. The van der Waals surface area contributed by atoms with Gasteiger partial charge in [-0.15, -0.1) is 0 Å². The lowest BCUT2D eigenvalue weighted by atomic mass is 9.52. The highest BCUT2D eigenvalue weighted by molar-refractivity contribution is 5.92. The molecule has 4 nitrogen and oxygen atoms in total. The van der Waals surface area contributed by atoms with E-state index in [9.17, 15) is 14.7 Å². The zero-order valence-corrected chi connectivity index (χ0v) is 17.3. The van der Waals surface area contributed by atoms with Crippen molar-refractivity contribution in [3.8, 4) is 5.75 Å². The Labute approximate surface area is 186 Å². The van der Waals surface area contributed by atoms with E-state index in [0.717, 1.165) is 21.9 Å². The topological polar surface area (TPSA) is 63.6 Å². The standard InChI is InChI=1S/C28H22O4/c29-27(30)25-23(19-11-3-1-4-12-19)26(24(25)20-13-5-2-6-14-20)28(31)32-22-17-9-15-18-10-7-8-16-21(18)22/h1-17,23-26H,(H,29,30)/t23-,24+,25+,26-. The predicted octanol–water partition coefficient (Wildman–Crippen LogP) is 5.64. The number of carboxylic acids is 1. The van der Waals surface area contributed by atoms with Crippen LogP contribution in [0, 0.1) is 11.8 Å². The maximum absolute atomic E-state index is 13.6. The molecule has 0 spiro atoms. The number of ether oxygens (including phenoxy) is 1. The molecular weight excluding hydrogens is 400 g/mol. The third kappa shape index (κ3) is 3.44. The number of carbonyl (C=O) groups is 2. The Morgan fingerprint density at radius 3 is 1.75 bits per heavy atom. The van der Waals surface area contributed by atoms with Gasteiger partial charge in [0.25, 0.3) is 0 Å². The van der Waals surface area contributed by atoms with Crippen LogP contribution in [-0.4, -0.2) is 17.0 Å². The van der Waals surface area contributed by atoms with Gasteiger partial charge in [-0.05, 0) is 22.6 Å². The highest BCUT2D eigenvalue weighted by Crippen LogP contribution is 2.58. The van der Waals surface area contributed by atoms with Crippen LogP contribution < -0.4 is 4.74 Å². The third-order valence-electron chi connectivity index (χ3n) is 6.43. The smallest absolute Gasteiger partial charge is 0.315 e. The second kappa shape index (κ2) is 8.31. The Balaban J connectivity index is 1.55. The highest BCUT2D eigenvalue weighted by Gasteiger charge is 2.59. The summed E-state index contributed by atoms with van der Waals surface area (Å²) in [6.45, 7) is 0. The van der Waals surface area contributed by atoms with E-state index in [0.29, 0.717) is 5.75 Å². The quantitative estimate of drug-likeness (QED) is 0.334. The molecular formula is C28H22O4. The lowest BCUT2D eigenvalue weighted by molar-refractivity contribution is -0.158. The first-order valence-corrected chi connectivity index (χ1v) is 10.7. The van der Waals surface area contributed by atoms with Gasteiger partial charge in [0.2, 0.25) is 0 Å². The minimum atomic E-state index is -0.901. The number of benzene rings is 4. The number of hydrogen-bond donors (Lipinski definition) is 1. The van der Waals surface area contributed by atoms with E-state index in [4.69, 9.17) is 4.74 Å². The first-order valence-electron chi connectivity index (χ1n) is 10.7. The van der Waals surface area contributed by atoms with Gasteiger partial charge in [-0.1, -0.05) is 97.1 Å². The van der Waals surface area contributed by atoms with Gasteiger partial charge in [-0.3, -0.25) is 9.59 Å². The SMILES string of the molecule is O=C(O)[C@H]1[C@@H](c2ccccc2)[C@@H](C(=O)Oc2cccc3ccccc23)[C@H]1c1ccccc1. The van der Waals surface area contributed by atoms with E-state index in [2.05, 4.69) is 0 Å². The van der Waals surface area contributed by atoms with Crippen molar-refractivity contribution < 1.29 is 19.4 Å². The van der Waals surface area contributed by atoms with Crippen LogP contribution in [0.4, 0.5) is 0 Å². The predicted molar refractivity (Wildman–Crippen MR) is 123 cm³/mol. The number of carboxylic acid groups (broad SMARTS) is 1. The Bertz CT molecular complexity index is 1210. The van der Waals surface area contributed by atoms with Gasteiger partial charge in [0.1, 0.15) is 5.75 Å². The molecule has 1 aliphatic carbocycles. The molecule has 0 amide bonds. The van der Waals surface area contributed by atoms with Gasteiger partial charge in [0.15, 0.2) is 0 Å². The fourth-order valence-corrected chi connectivity index (χ4v) is 4.99. The van der Waals surface area contributed by atoms with Crippen LogP contribution in [0.1, 0.15) is 23.0 Å². The van der Waals surface area contributed by atoms with Crippen molar-refractivity contribution in [1.29, 1.82) is 0 Å². The number of esters is 1. The zero-order valence-electron chi connectivity index (χ0n) is 17.3. The Morgan fingerprint density at radius 2 is 1.16 bits per heavy atom. The highest BCUT2D eigenvalue weighted by atomic mass is 16.5. The molecule has 4 atom stereocenters. The molecule has 4 heteroatoms. The summed E-state index contributed by atoms with van der Waals surface area (Å²) < 4.78 is 5.93. The summed E-state index contributed by atoms with van der Waals surface area (Å²) in [4.78, 5) is 25.9. The molecule has 4 aromatic carbocycles. The number of hydrogen-bond acceptors (Lipinski definition) is 3. The van der Waals surface area contributed by atoms with E-state index in [1.807, 2.05) is 97.1 Å². The molecule has 1 saturated carbocycles. The van der Waals surface area contributed by atoms with Crippen molar-refractivity contribution in [2.75, 3.05) is 0 Å². The first-order chi connectivity index (χ1) is 15.6. The van der Waals surface area contributed by atoms with E-state index >= 15 is 0 Å². The summed E-state index contributed by atoms with van der Waals surface area (Å²) in [6.07, 6.45) is 0. The van der Waals surface area contributed by atoms with Crippen LogP contribution in [0.15, 0.2) is 103 Å². The minimum Gasteiger partial charge on any atom is -0.481 e. The van der Waals surface area contributed by atoms with Crippen molar-refractivity contribution in [3.63, 3.8) is 0 Å². The number of rotatable bonds is 5. The molecule has 5 rings (SSSR count). The van der Waals surface area contributed by atoms with Crippen LogP contribution in [0.25, 0.3) is 10.8 Å². The molecule has 0 unspecified atom stereocenters. The number of fused-ring (bicyclic) bond motifs is 1. The van der Waals surface area contributed by atoms with Gasteiger partial charge in [0.05, 0.1) is 11.8 Å². The average molecular weight is 422 g/mol. The van der Waals surface area contributed by atoms with E-state index < -0.39 is 35.6 Å². The molecule has 0 heterocycles. The molecule has 0 radical (unpaired) electrons. The lowest BCUT2D eigenvalue weighted by Gasteiger charge is -2.49. The molecule has 0 bridgehead atoms. The van der Waals surface area contributed by atoms with Crippen LogP contribution in [0.5, 0.6) is 5.75 Å². The fourth-order valence-electron chi connectivity index (χ4n) is 4.99. The van der Waals surface area contributed by atoms with Gasteiger partial charge in [0, 0.05) is 17.2 Å². The molecule has 0 aromatic heterocycles. The minimum absolute atomic E-state index is 0.401. The largest absolute Gasteiger partial charge is 0.481 e. The summed E-state index contributed by atoms with van der Waals surface area (Å²) in [5.41, 5.74) is 1.68. The average Bonchev–Trinajstić information content (AvgIpc) is 2.80. The lowest BCUT2D eigenvalue weighted by Crippen LogP contribution is -2.52. The molecule has 32 heavy (non-hydrogen) atoms. The summed E-state index contributed by atoms with van der Waals surface area (Å²) in [7, 11) is 0. The zero-order chi connectivity index (χ0) is 22.1. The summed E-state index contributed by atoms with van der Waals surface area (Å²) in [5.74, 6) is -3.03. The third-order valence-corrected chi connectivity index (χ3v) is 6.43. The van der Waals surface area contributed by atoms with Crippen molar-refractivity contribution in [2.24, 2.45) is 11.8 Å². The molecule has 1 aliphatic rings. The van der Waals surface area contributed by atoms with Gasteiger partial charge >= 0.3 is 11.9 Å². The van der Waals surface area contributed by atoms with Gasteiger partial charge in [-0.25, -0.2) is 0 Å². The Kier molecular flexibility index (Phi) is 5.20. The number of carbonyl (C=O) groups excluding carboxylic acids is 1. The maximum Gasteiger partial charge on any atom is 0.315 e. The first kappa shape index (κ1) is 20.0. The van der Waals surface area contributed by atoms with Crippen LogP contribution in [0.3, 0.4) is 0 Å². The summed E-state index contributed by atoms with van der Waals surface area (Å²) >= 11 is 0. The molecule has 1 fully saturated rings. The van der Waals surface area contributed by atoms with Crippen molar-refractivity contribution in [1.82, 2.24) is 0 Å². The molecule has 4 aromatic rings. The molecule has 1 N–H and O–H groups in total. The maximum atomic E-state index is 13.6. The summed E-state index contributed by atoms with van der Waals surface area (Å²) in [6, 6.07) is 32.2. The second-order valence-electron chi connectivity index (χ2n) is 8.16. The Hall–Kier alpha value is -3.92. The van der Waals surface area contributed by atoms with E-state index in [1.165, 1.54) is 0 Å². The van der Waals surface area contributed by atoms with Crippen LogP contribution in [0.2, 0.25) is 0 Å². The van der Waals surface area contributed by atoms with Crippen LogP contribution in [-0.2, 0) is 9.59 Å². The second-order valence-corrected chi connectivity index (χ2v) is 8.16. The normalized spacial score (nSPS) is 22.1. The fraction of sp³-hybridized carbons (Fsp3) is 0.143.